The molecule has 88 valence electrons. The number of rotatable bonds is 3. The van der Waals surface area contributed by atoms with Crippen LogP contribution in [0.1, 0.15) is 5.56 Å². The van der Waals surface area contributed by atoms with Gasteiger partial charge in [0.2, 0.25) is 10.7 Å². The molecule has 6 nitrogen and oxygen atoms in total. The number of phenolic OH excluding ortho intramolecular Hbond substituents is 1. The van der Waals surface area contributed by atoms with Gasteiger partial charge in [0.25, 0.3) is 0 Å². The lowest BCUT2D eigenvalue weighted by atomic mass is 10.2. The normalized spacial score (nSPS) is 10.9. The first kappa shape index (κ1) is 11.8. The summed E-state index contributed by atoms with van der Waals surface area (Å²) in [5.41, 5.74) is 3.22. The largest absolute Gasteiger partial charge is 0.507 e. The molecule has 0 saturated carbocycles. The molecule has 2 aromatic rings. The molecule has 0 unspecified atom stereocenters. The quantitative estimate of drug-likeness (QED) is 0.398. The first-order valence-electron chi connectivity index (χ1n) is 4.57. The monoisotopic (exact) mass is 313 g/mol. The Morgan fingerprint density at radius 3 is 3.00 bits per heavy atom. The van der Waals surface area contributed by atoms with Gasteiger partial charge in [-0.3, -0.25) is 10.2 Å². The number of halogens is 1. The molecule has 0 amide bonds. The van der Waals surface area contributed by atoms with Gasteiger partial charge in [-0.1, -0.05) is 15.9 Å². The van der Waals surface area contributed by atoms with E-state index in [2.05, 4.69) is 41.6 Å². The number of hydrogen-bond acceptors (Lipinski definition) is 5. The van der Waals surface area contributed by atoms with Crippen molar-refractivity contribution in [3.8, 4) is 5.75 Å². The fourth-order valence-corrected chi connectivity index (χ4v) is 1.64. The van der Waals surface area contributed by atoms with Gasteiger partial charge in [-0.05, 0) is 30.4 Å². The second-order valence-electron chi connectivity index (χ2n) is 3.09. The maximum Gasteiger partial charge on any atom is 0.238 e. The number of phenols is 1. The summed E-state index contributed by atoms with van der Waals surface area (Å²) in [6.45, 7) is 0. The van der Waals surface area contributed by atoms with Gasteiger partial charge in [0, 0.05) is 10.0 Å². The Bertz CT molecular complexity index is 605. The number of nitrogens with zero attached hydrogens (tertiary/aromatic N) is 2. The Morgan fingerprint density at radius 1 is 1.47 bits per heavy atom. The molecular formula is C9H8BrN5OS. The molecule has 0 saturated heterocycles. The molecule has 0 radical (unpaired) electrons. The van der Waals surface area contributed by atoms with Gasteiger partial charge in [-0.15, -0.1) is 0 Å². The smallest absolute Gasteiger partial charge is 0.238 e. The van der Waals surface area contributed by atoms with Crippen molar-refractivity contribution in [2.75, 3.05) is 5.43 Å². The Morgan fingerprint density at radius 2 is 2.29 bits per heavy atom. The zero-order valence-corrected chi connectivity index (χ0v) is 10.8. The predicted octanol–water partition coefficient (Wildman–Crippen LogP) is 2.38. The minimum absolute atomic E-state index is 0.147. The summed E-state index contributed by atoms with van der Waals surface area (Å²) in [7, 11) is 0. The van der Waals surface area contributed by atoms with Crippen LogP contribution in [0.5, 0.6) is 5.75 Å². The third kappa shape index (κ3) is 3.14. The van der Waals surface area contributed by atoms with Crippen LogP contribution in [0.3, 0.4) is 0 Å². The highest BCUT2D eigenvalue weighted by Crippen LogP contribution is 2.19. The SMILES string of the molecule is Oc1ccc(Br)cc1/C=N/Nc1nc(=S)[nH][nH]1. The maximum absolute atomic E-state index is 9.55. The van der Waals surface area contributed by atoms with E-state index < -0.39 is 0 Å². The Balaban J connectivity index is 2.10. The van der Waals surface area contributed by atoms with Crippen LogP contribution in [-0.2, 0) is 0 Å². The van der Waals surface area contributed by atoms with E-state index in [9.17, 15) is 5.11 Å². The summed E-state index contributed by atoms with van der Waals surface area (Å²) >= 11 is 8.08. The van der Waals surface area contributed by atoms with Crippen molar-refractivity contribution in [1.29, 1.82) is 0 Å². The summed E-state index contributed by atoms with van der Waals surface area (Å²) in [5, 5.41) is 18.8. The lowest BCUT2D eigenvalue weighted by Gasteiger charge is -1.99. The van der Waals surface area contributed by atoms with Crippen molar-refractivity contribution in [2.24, 2.45) is 5.10 Å². The van der Waals surface area contributed by atoms with E-state index in [0.717, 1.165) is 4.47 Å². The number of benzene rings is 1. The number of aromatic amines is 2. The van der Waals surface area contributed by atoms with Crippen LogP contribution in [0, 0.1) is 4.77 Å². The first-order chi connectivity index (χ1) is 8.15. The highest BCUT2D eigenvalue weighted by atomic mass is 79.9. The van der Waals surface area contributed by atoms with Crippen molar-refractivity contribution in [1.82, 2.24) is 15.2 Å². The molecular weight excluding hydrogens is 306 g/mol. The van der Waals surface area contributed by atoms with E-state index in [1.54, 1.807) is 18.2 Å². The van der Waals surface area contributed by atoms with Gasteiger partial charge in [0.1, 0.15) is 5.75 Å². The standard InChI is InChI=1S/C9H8BrN5OS/c10-6-1-2-7(16)5(3-6)4-11-13-8-12-9(17)15-14-8/h1-4,16H,(H3,12,13,14,15,17)/b11-4+. The van der Waals surface area contributed by atoms with Crippen molar-refractivity contribution < 1.29 is 5.11 Å². The number of H-pyrrole nitrogens is 2. The lowest BCUT2D eigenvalue weighted by molar-refractivity contribution is 0.474. The highest BCUT2D eigenvalue weighted by molar-refractivity contribution is 9.10. The first-order valence-corrected chi connectivity index (χ1v) is 5.77. The number of aromatic nitrogens is 3. The summed E-state index contributed by atoms with van der Waals surface area (Å²) in [5.74, 6) is 0.550. The molecule has 4 N–H and O–H groups in total. The topological polar surface area (TPSA) is 89.1 Å². The third-order valence-electron chi connectivity index (χ3n) is 1.86. The zero-order valence-electron chi connectivity index (χ0n) is 8.44. The summed E-state index contributed by atoms with van der Waals surface area (Å²) in [6, 6.07) is 5.06. The Hall–Kier alpha value is -1.67. The average Bonchev–Trinajstić information content (AvgIpc) is 2.69. The maximum atomic E-state index is 9.55. The minimum atomic E-state index is 0.147. The highest BCUT2D eigenvalue weighted by Gasteiger charge is 1.98. The number of anilines is 1. The van der Waals surface area contributed by atoms with Crippen LogP contribution in [0.15, 0.2) is 27.8 Å². The van der Waals surface area contributed by atoms with E-state index in [0.29, 0.717) is 16.3 Å². The third-order valence-corrected chi connectivity index (χ3v) is 2.55. The van der Waals surface area contributed by atoms with Gasteiger partial charge < -0.3 is 5.11 Å². The fraction of sp³-hybridized carbons (Fsp3) is 0. The molecule has 0 spiro atoms. The van der Waals surface area contributed by atoms with Gasteiger partial charge in [0.15, 0.2) is 0 Å². The second-order valence-corrected chi connectivity index (χ2v) is 4.39. The average molecular weight is 314 g/mol. The molecule has 0 aliphatic heterocycles. The van der Waals surface area contributed by atoms with Gasteiger partial charge in [-0.25, -0.2) is 5.43 Å². The molecule has 1 heterocycles. The number of hydrogen-bond donors (Lipinski definition) is 4. The molecule has 0 bridgehead atoms. The van der Waals surface area contributed by atoms with E-state index in [-0.39, 0.29) is 5.75 Å². The van der Waals surface area contributed by atoms with Gasteiger partial charge >= 0.3 is 0 Å². The van der Waals surface area contributed by atoms with Gasteiger partial charge in [-0.2, -0.15) is 10.1 Å². The molecule has 17 heavy (non-hydrogen) atoms. The van der Waals surface area contributed by atoms with E-state index in [1.807, 2.05) is 0 Å². The fourth-order valence-electron chi connectivity index (χ4n) is 1.11. The van der Waals surface area contributed by atoms with E-state index in [1.165, 1.54) is 6.21 Å². The van der Waals surface area contributed by atoms with Crippen molar-refractivity contribution in [3.63, 3.8) is 0 Å². The summed E-state index contributed by atoms with van der Waals surface area (Å²) in [6.07, 6.45) is 1.48. The molecule has 0 aliphatic carbocycles. The van der Waals surface area contributed by atoms with Crippen LogP contribution in [0.2, 0.25) is 0 Å². The molecule has 1 aromatic heterocycles. The Labute approximate surface area is 110 Å². The molecule has 2 rings (SSSR count). The molecule has 1 aromatic carbocycles. The van der Waals surface area contributed by atoms with E-state index in [4.69, 9.17) is 12.2 Å². The molecule has 0 aliphatic rings. The minimum Gasteiger partial charge on any atom is -0.507 e. The molecule has 0 atom stereocenters. The van der Waals surface area contributed by atoms with Crippen molar-refractivity contribution in [3.05, 3.63) is 33.0 Å². The Kier molecular flexibility index (Phi) is 3.55. The van der Waals surface area contributed by atoms with Crippen LogP contribution in [0.4, 0.5) is 5.95 Å². The van der Waals surface area contributed by atoms with Gasteiger partial charge in [0.05, 0.1) is 6.21 Å². The summed E-state index contributed by atoms with van der Waals surface area (Å²) < 4.78 is 1.20. The number of aromatic hydroxyl groups is 1. The predicted molar refractivity (Wildman–Crippen MR) is 70.8 cm³/mol. The number of hydrazone groups is 1. The molecule has 0 fully saturated rings. The van der Waals surface area contributed by atoms with Crippen LogP contribution < -0.4 is 5.43 Å². The van der Waals surface area contributed by atoms with E-state index >= 15 is 0 Å². The van der Waals surface area contributed by atoms with Crippen LogP contribution in [0.25, 0.3) is 0 Å². The number of nitrogens with one attached hydrogen (secondary N) is 3. The van der Waals surface area contributed by atoms with Crippen LogP contribution >= 0.6 is 28.1 Å². The van der Waals surface area contributed by atoms with Crippen LogP contribution in [-0.4, -0.2) is 26.5 Å². The van der Waals surface area contributed by atoms with Crippen molar-refractivity contribution >= 4 is 40.3 Å². The zero-order chi connectivity index (χ0) is 12.3. The lowest BCUT2D eigenvalue weighted by Crippen LogP contribution is -1.92. The molecule has 8 heteroatoms. The van der Waals surface area contributed by atoms with Crippen molar-refractivity contribution in [2.45, 2.75) is 0 Å². The summed E-state index contributed by atoms with van der Waals surface area (Å²) in [4.78, 5) is 3.89. The second kappa shape index (κ2) is 5.11.